The van der Waals surface area contributed by atoms with Crippen LogP contribution in [0.3, 0.4) is 0 Å². The molecule has 22 heavy (non-hydrogen) atoms. The number of rotatable bonds is 3. The van der Waals surface area contributed by atoms with Crippen molar-refractivity contribution in [3.8, 4) is 6.07 Å². The smallest absolute Gasteiger partial charge is 0.146 e. The number of halogens is 1. The highest BCUT2D eigenvalue weighted by Gasteiger charge is 2.20. The molecule has 2 aromatic rings. The Morgan fingerprint density at radius 1 is 1.14 bits per heavy atom. The third kappa shape index (κ3) is 3.23. The molecule has 0 radical (unpaired) electrons. The van der Waals surface area contributed by atoms with Crippen LogP contribution in [0.25, 0.3) is 0 Å². The van der Waals surface area contributed by atoms with Gasteiger partial charge < -0.3 is 4.90 Å². The first-order valence-corrected chi connectivity index (χ1v) is 7.33. The number of anilines is 1. The van der Waals surface area contributed by atoms with Crippen molar-refractivity contribution >= 4 is 5.82 Å². The van der Waals surface area contributed by atoms with Crippen LogP contribution in [0.4, 0.5) is 10.2 Å². The minimum atomic E-state index is -0.191. The Hall–Kier alpha value is -2.45. The Labute approximate surface area is 129 Å². The molecule has 0 bridgehead atoms. The fourth-order valence-electron chi connectivity index (χ4n) is 2.75. The molecule has 1 aliphatic heterocycles. The van der Waals surface area contributed by atoms with Gasteiger partial charge in [0.2, 0.25) is 0 Å². The summed E-state index contributed by atoms with van der Waals surface area (Å²) in [6.45, 7) is 4.14. The fourth-order valence-corrected chi connectivity index (χ4v) is 2.75. The lowest BCUT2D eigenvalue weighted by Gasteiger charge is -2.35. The third-order valence-corrected chi connectivity index (χ3v) is 3.87. The summed E-state index contributed by atoms with van der Waals surface area (Å²) in [5, 5.41) is 9.16. The Balaban J connectivity index is 1.62. The number of nitrogens with zero attached hydrogens (tertiary/aromatic N) is 4. The van der Waals surface area contributed by atoms with E-state index in [1.54, 1.807) is 30.5 Å². The van der Waals surface area contributed by atoms with Crippen LogP contribution in [0.1, 0.15) is 11.1 Å². The van der Waals surface area contributed by atoms with Crippen molar-refractivity contribution in [3.05, 3.63) is 59.5 Å². The van der Waals surface area contributed by atoms with Crippen LogP contribution >= 0.6 is 0 Å². The van der Waals surface area contributed by atoms with Crippen molar-refractivity contribution in [1.82, 2.24) is 9.88 Å². The van der Waals surface area contributed by atoms with E-state index in [1.807, 2.05) is 6.07 Å². The van der Waals surface area contributed by atoms with Crippen LogP contribution in [-0.4, -0.2) is 36.1 Å². The molecule has 1 aromatic heterocycles. The number of hydrogen-bond donors (Lipinski definition) is 0. The molecule has 0 unspecified atom stereocenters. The monoisotopic (exact) mass is 296 g/mol. The molecule has 1 aliphatic rings. The Morgan fingerprint density at radius 2 is 1.95 bits per heavy atom. The summed E-state index contributed by atoms with van der Waals surface area (Å²) >= 11 is 0. The van der Waals surface area contributed by atoms with E-state index >= 15 is 0 Å². The van der Waals surface area contributed by atoms with E-state index < -0.39 is 0 Å². The van der Waals surface area contributed by atoms with Crippen LogP contribution in [-0.2, 0) is 6.54 Å². The molecule has 3 rings (SSSR count). The maximum absolute atomic E-state index is 13.2. The lowest BCUT2D eigenvalue weighted by molar-refractivity contribution is 0.249. The summed E-state index contributed by atoms with van der Waals surface area (Å²) in [5.41, 5.74) is 1.60. The van der Waals surface area contributed by atoms with Gasteiger partial charge in [0.15, 0.2) is 0 Å². The average Bonchev–Trinajstić information content (AvgIpc) is 2.56. The molecule has 0 N–H and O–H groups in total. The second-order valence-corrected chi connectivity index (χ2v) is 5.38. The first-order chi connectivity index (χ1) is 10.8. The zero-order chi connectivity index (χ0) is 15.4. The Bertz CT molecular complexity index is 687. The molecule has 1 fully saturated rings. The van der Waals surface area contributed by atoms with Crippen molar-refractivity contribution < 1.29 is 4.39 Å². The predicted octanol–water partition coefficient (Wildman–Crippen LogP) is 2.41. The van der Waals surface area contributed by atoms with Crippen molar-refractivity contribution in [2.45, 2.75) is 6.54 Å². The largest absolute Gasteiger partial charge is 0.353 e. The summed E-state index contributed by atoms with van der Waals surface area (Å²) < 4.78 is 13.2. The van der Waals surface area contributed by atoms with Crippen molar-refractivity contribution in [2.24, 2.45) is 0 Å². The zero-order valence-electron chi connectivity index (χ0n) is 12.2. The molecule has 0 spiro atoms. The molecule has 1 saturated heterocycles. The minimum absolute atomic E-state index is 0.191. The van der Waals surface area contributed by atoms with E-state index in [-0.39, 0.29) is 5.82 Å². The molecular formula is C17H17FN4. The lowest BCUT2D eigenvalue weighted by atomic mass is 10.2. The molecule has 0 amide bonds. The maximum Gasteiger partial charge on any atom is 0.146 e. The highest BCUT2D eigenvalue weighted by atomic mass is 19.1. The molecule has 5 heteroatoms. The third-order valence-electron chi connectivity index (χ3n) is 3.87. The highest BCUT2D eigenvalue weighted by molar-refractivity contribution is 5.53. The number of nitriles is 1. The maximum atomic E-state index is 13.2. The van der Waals surface area contributed by atoms with Crippen LogP contribution in [0.15, 0.2) is 42.6 Å². The van der Waals surface area contributed by atoms with E-state index in [4.69, 9.17) is 5.26 Å². The fraction of sp³-hybridized carbons (Fsp3) is 0.294. The van der Waals surface area contributed by atoms with Crippen LogP contribution in [0, 0.1) is 17.1 Å². The van der Waals surface area contributed by atoms with Gasteiger partial charge in [0.1, 0.15) is 17.7 Å². The van der Waals surface area contributed by atoms with Gasteiger partial charge in [-0.15, -0.1) is 0 Å². The predicted molar refractivity (Wildman–Crippen MR) is 82.8 cm³/mol. The summed E-state index contributed by atoms with van der Waals surface area (Å²) in [5.74, 6) is 0.568. The van der Waals surface area contributed by atoms with Gasteiger partial charge in [0.05, 0.1) is 5.56 Å². The van der Waals surface area contributed by atoms with Gasteiger partial charge in [-0.2, -0.15) is 5.26 Å². The first-order valence-electron chi connectivity index (χ1n) is 7.33. The average molecular weight is 296 g/mol. The topological polar surface area (TPSA) is 43.2 Å². The van der Waals surface area contributed by atoms with E-state index in [0.717, 1.165) is 44.1 Å². The molecule has 0 aliphatic carbocycles. The standard InChI is InChI=1S/C17H17FN4/c18-16-5-1-3-14(11-16)13-21-7-9-22(10-8-21)17-15(12-19)4-2-6-20-17/h1-6,11H,7-10,13H2. The molecule has 112 valence electrons. The lowest BCUT2D eigenvalue weighted by Crippen LogP contribution is -2.46. The molecule has 4 nitrogen and oxygen atoms in total. The van der Waals surface area contributed by atoms with Gasteiger partial charge in [0, 0.05) is 38.9 Å². The summed E-state index contributed by atoms with van der Waals surface area (Å²) in [4.78, 5) is 8.76. The van der Waals surface area contributed by atoms with E-state index in [0.29, 0.717) is 5.56 Å². The first kappa shape index (κ1) is 14.5. The molecule has 0 atom stereocenters. The minimum Gasteiger partial charge on any atom is -0.353 e. The van der Waals surface area contributed by atoms with Crippen LogP contribution in [0.5, 0.6) is 0 Å². The molecule has 2 heterocycles. The number of piperazine rings is 1. The van der Waals surface area contributed by atoms with Gasteiger partial charge in [0.25, 0.3) is 0 Å². The van der Waals surface area contributed by atoms with Crippen LogP contribution in [0.2, 0.25) is 0 Å². The van der Waals surface area contributed by atoms with Crippen molar-refractivity contribution in [1.29, 1.82) is 5.26 Å². The second-order valence-electron chi connectivity index (χ2n) is 5.38. The summed E-state index contributed by atoms with van der Waals surface area (Å²) in [6, 6.07) is 12.5. The highest BCUT2D eigenvalue weighted by Crippen LogP contribution is 2.19. The number of pyridine rings is 1. The SMILES string of the molecule is N#Cc1cccnc1N1CCN(Cc2cccc(F)c2)CC1. The van der Waals surface area contributed by atoms with Crippen molar-refractivity contribution in [2.75, 3.05) is 31.1 Å². The van der Waals surface area contributed by atoms with Crippen molar-refractivity contribution in [3.63, 3.8) is 0 Å². The number of aromatic nitrogens is 1. The van der Waals surface area contributed by atoms with E-state index in [1.165, 1.54) is 6.07 Å². The quantitative estimate of drug-likeness (QED) is 0.872. The normalized spacial score (nSPS) is 15.5. The molecule has 0 saturated carbocycles. The number of hydrogen-bond acceptors (Lipinski definition) is 4. The van der Waals surface area contributed by atoms with Gasteiger partial charge in [-0.1, -0.05) is 12.1 Å². The van der Waals surface area contributed by atoms with Crippen LogP contribution < -0.4 is 4.90 Å². The number of benzene rings is 1. The van der Waals surface area contributed by atoms with Gasteiger partial charge in [-0.3, -0.25) is 4.90 Å². The second kappa shape index (κ2) is 6.54. The zero-order valence-corrected chi connectivity index (χ0v) is 12.2. The Morgan fingerprint density at radius 3 is 2.68 bits per heavy atom. The van der Waals surface area contributed by atoms with Gasteiger partial charge >= 0.3 is 0 Å². The summed E-state index contributed by atoms with van der Waals surface area (Å²) in [7, 11) is 0. The van der Waals surface area contributed by atoms with Gasteiger partial charge in [-0.05, 0) is 29.8 Å². The molecule has 1 aromatic carbocycles. The van der Waals surface area contributed by atoms with E-state index in [2.05, 4.69) is 20.9 Å². The summed E-state index contributed by atoms with van der Waals surface area (Å²) in [6.07, 6.45) is 1.72. The Kier molecular flexibility index (Phi) is 4.31. The molecular weight excluding hydrogens is 279 g/mol. The van der Waals surface area contributed by atoms with Gasteiger partial charge in [-0.25, -0.2) is 9.37 Å². The van der Waals surface area contributed by atoms with E-state index in [9.17, 15) is 4.39 Å².